The lowest BCUT2D eigenvalue weighted by Crippen LogP contribution is -2.24. The number of hydrogen-bond acceptors (Lipinski definition) is 5. The van der Waals surface area contributed by atoms with E-state index >= 15 is 0 Å². The Morgan fingerprint density at radius 2 is 1.77 bits per heavy atom. The zero-order valence-corrected chi connectivity index (χ0v) is 18.1. The third kappa shape index (κ3) is 6.08. The van der Waals surface area contributed by atoms with Crippen LogP contribution in [0.1, 0.15) is 38.2 Å². The predicted molar refractivity (Wildman–Crippen MR) is 117 cm³/mol. The fraction of sp³-hybridized carbons (Fsp3) is 0.304. The maximum absolute atomic E-state index is 13.3. The van der Waals surface area contributed by atoms with Crippen molar-refractivity contribution >= 4 is 11.1 Å². The summed E-state index contributed by atoms with van der Waals surface area (Å²) in [5, 5.41) is 4.25. The summed E-state index contributed by atoms with van der Waals surface area (Å²) < 4.78 is 42.2. The van der Waals surface area contributed by atoms with E-state index in [4.69, 9.17) is 4.74 Å². The first-order valence-electron chi connectivity index (χ1n) is 10.2. The molecule has 0 fully saturated rings. The fourth-order valence-corrected chi connectivity index (χ4v) is 3.63. The van der Waals surface area contributed by atoms with Gasteiger partial charge in [-0.15, -0.1) is 0 Å². The highest BCUT2D eigenvalue weighted by molar-refractivity contribution is 7.78. The third-order valence-corrected chi connectivity index (χ3v) is 5.37. The zero-order chi connectivity index (χ0) is 22.2. The van der Waals surface area contributed by atoms with E-state index in [9.17, 15) is 17.9 Å². The molecule has 6 nitrogen and oxygen atoms in total. The Kier molecular flexibility index (Phi) is 8.08. The highest BCUT2D eigenvalue weighted by atomic mass is 32.2. The molecule has 3 rings (SSSR count). The number of halogens is 1. The smallest absolute Gasteiger partial charge is 0.314 e. The van der Waals surface area contributed by atoms with Crippen LogP contribution in [0.15, 0.2) is 59.5 Å². The Morgan fingerprint density at radius 1 is 1.06 bits per heavy atom. The van der Waals surface area contributed by atoms with Gasteiger partial charge in [0, 0.05) is 11.3 Å². The third-order valence-electron chi connectivity index (χ3n) is 4.80. The monoisotopic (exact) mass is 443 g/mol. The van der Waals surface area contributed by atoms with Gasteiger partial charge >= 0.3 is 5.56 Å². The van der Waals surface area contributed by atoms with E-state index < -0.39 is 22.5 Å². The lowest BCUT2D eigenvalue weighted by Gasteiger charge is -2.14. The van der Waals surface area contributed by atoms with Crippen molar-refractivity contribution in [1.29, 1.82) is 0 Å². The Balaban J connectivity index is 1.97. The molecule has 8 heteroatoms. The average molecular weight is 444 g/mol. The Labute approximate surface area is 183 Å². The summed E-state index contributed by atoms with van der Waals surface area (Å²) in [5.41, 5.74) is 1.85. The largest absolute Gasteiger partial charge is 0.772 e. The van der Waals surface area contributed by atoms with Crippen molar-refractivity contribution in [2.45, 2.75) is 38.4 Å². The molecule has 0 aliphatic rings. The molecule has 0 spiro atoms. The molecule has 31 heavy (non-hydrogen) atoms. The Hall–Kier alpha value is -2.84. The summed E-state index contributed by atoms with van der Waals surface area (Å²) in [5.74, 6) is -0.318. The molecular formula is C23H24FN2O4S-. The van der Waals surface area contributed by atoms with E-state index in [1.807, 2.05) is 0 Å². The first-order chi connectivity index (χ1) is 15.0. The summed E-state index contributed by atoms with van der Waals surface area (Å²) in [7, 11) is 0. The quantitative estimate of drug-likeness (QED) is 0.343. The van der Waals surface area contributed by atoms with Gasteiger partial charge in [-0.1, -0.05) is 61.5 Å². The van der Waals surface area contributed by atoms with Crippen LogP contribution in [0.4, 0.5) is 4.39 Å². The summed E-state index contributed by atoms with van der Waals surface area (Å²) in [6.07, 6.45) is 5.55. The summed E-state index contributed by atoms with van der Waals surface area (Å²) in [4.78, 5) is 13.2. The molecule has 0 aliphatic carbocycles. The van der Waals surface area contributed by atoms with Crippen LogP contribution in [0.2, 0.25) is 0 Å². The fourth-order valence-electron chi connectivity index (χ4n) is 3.17. The number of nitrogens with zero attached hydrogens (tertiary/aromatic N) is 2. The van der Waals surface area contributed by atoms with Gasteiger partial charge in [-0.2, -0.15) is 9.78 Å². The van der Waals surface area contributed by atoms with E-state index in [0.29, 0.717) is 29.0 Å². The average Bonchev–Trinajstić information content (AvgIpc) is 2.75. The van der Waals surface area contributed by atoms with Crippen LogP contribution in [0.5, 0.6) is 5.75 Å². The van der Waals surface area contributed by atoms with E-state index in [0.717, 1.165) is 25.7 Å². The molecule has 0 bridgehead atoms. The molecule has 0 saturated heterocycles. The van der Waals surface area contributed by atoms with Gasteiger partial charge in [0.05, 0.1) is 18.5 Å². The van der Waals surface area contributed by atoms with Crippen molar-refractivity contribution in [3.05, 3.63) is 76.5 Å². The number of ether oxygens (including phenoxy) is 1. The van der Waals surface area contributed by atoms with Crippen molar-refractivity contribution in [2.75, 3.05) is 6.61 Å². The minimum Gasteiger partial charge on any atom is -0.772 e. The molecule has 1 unspecified atom stereocenters. The van der Waals surface area contributed by atoms with Gasteiger partial charge in [-0.3, -0.25) is 9.00 Å². The zero-order valence-electron chi connectivity index (χ0n) is 17.3. The van der Waals surface area contributed by atoms with E-state index in [2.05, 4.69) is 12.0 Å². The molecule has 3 aromatic rings. The first kappa shape index (κ1) is 22.8. The lowest BCUT2D eigenvalue weighted by atomic mass is 10.1. The summed E-state index contributed by atoms with van der Waals surface area (Å²) in [6.45, 7) is 2.51. The maximum Gasteiger partial charge on any atom is 0.314 e. The maximum atomic E-state index is 13.3. The van der Waals surface area contributed by atoms with E-state index in [-0.39, 0.29) is 11.5 Å². The second-order valence-electron chi connectivity index (χ2n) is 7.13. The predicted octanol–water partition coefficient (Wildman–Crippen LogP) is 4.38. The molecule has 2 aromatic carbocycles. The highest BCUT2D eigenvalue weighted by Gasteiger charge is 2.16. The molecule has 0 saturated carbocycles. The van der Waals surface area contributed by atoms with Crippen LogP contribution >= 0.6 is 0 Å². The molecule has 1 aromatic heterocycles. The van der Waals surface area contributed by atoms with Crippen LogP contribution in [0.25, 0.3) is 16.8 Å². The molecule has 1 atom stereocenters. The van der Waals surface area contributed by atoms with E-state index in [1.165, 1.54) is 35.1 Å². The number of unbranched alkanes of at least 4 members (excludes halogenated alkanes) is 3. The van der Waals surface area contributed by atoms with Gasteiger partial charge in [-0.05, 0) is 41.8 Å². The van der Waals surface area contributed by atoms with Gasteiger partial charge in [0.2, 0.25) is 0 Å². The first-order valence-corrected chi connectivity index (χ1v) is 11.4. The Bertz CT molecular complexity index is 1080. The standard InChI is InChI=1S/C23H25FN2O4S/c1-2-3-4-5-14-30-22-21(18-8-6-17(7-9-18)16-31(28)29)15-25-26(23(22)27)20-12-10-19(24)11-13-20/h6-13,15H,2-5,14,16H2,1H3,(H,28,29)/p-1. The molecule has 0 N–H and O–H groups in total. The van der Waals surface area contributed by atoms with Gasteiger partial charge in [0.25, 0.3) is 0 Å². The SMILES string of the molecule is CCCCCCOc1c(-c2ccc(CS(=O)[O-])cc2)cnn(-c2ccc(F)cc2)c1=O. The minimum absolute atomic E-state index is 0.0779. The molecular weight excluding hydrogens is 419 g/mol. The van der Waals surface area contributed by atoms with Crippen LogP contribution in [0, 0.1) is 5.82 Å². The summed E-state index contributed by atoms with van der Waals surface area (Å²) in [6, 6.07) is 12.4. The van der Waals surface area contributed by atoms with Gasteiger partial charge in [-0.25, -0.2) is 4.39 Å². The van der Waals surface area contributed by atoms with Crippen LogP contribution < -0.4 is 10.3 Å². The normalized spacial score (nSPS) is 12.0. The number of aromatic nitrogens is 2. The summed E-state index contributed by atoms with van der Waals surface area (Å²) >= 11 is -2.18. The van der Waals surface area contributed by atoms with Crippen LogP contribution in [-0.2, 0) is 16.8 Å². The molecule has 0 radical (unpaired) electrons. The van der Waals surface area contributed by atoms with Crippen LogP contribution in [0.3, 0.4) is 0 Å². The number of rotatable bonds is 10. The molecule has 0 amide bonds. The van der Waals surface area contributed by atoms with Crippen molar-refractivity contribution in [3.8, 4) is 22.6 Å². The topological polar surface area (TPSA) is 84.2 Å². The molecule has 1 heterocycles. The highest BCUT2D eigenvalue weighted by Crippen LogP contribution is 2.27. The minimum atomic E-state index is -2.18. The number of hydrogen-bond donors (Lipinski definition) is 0. The molecule has 0 aliphatic heterocycles. The van der Waals surface area contributed by atoms with Crippen LogP contribution in [-0.4, -0.2) is 25.1 Å². The second-order valence-corrected chi connectivity index (χ2v) is 8.03. The lowest BCUT2D eigenvalue weighted by molar-refractivity contribution is 0.300. The van der Waals surface area contributed by atoms with Gasteiger partial charge < -0.3 is 9.29 Å². The van der Waals surface area contributed by atoms with Crippen molar-refractivity contribution in [2.24, 2.45) is 0 Å². The van der Waals surface area contributed by atoms with Crippen molar-refractivity contribution < 1.29 is 17.9 Å². The van der Waals surface area contributed by atoms with Crippen molar-refractivity contribution in [1.82, 2.24) is 9.78 Å². The van der Waals surface area contributed by atoms with Gasteiger partial charge in [0.15, 0.2) is 5.75 Å². The molecule has 164 valence electrons. The van der Waals surface area contributed by atoms with Gasteiger partial charge in [0.1, 0.15) is 5.82 Å². The number of benzene rings is 2. The van der Waals surface area contributed by atoms with Crippen molar-refractivity contribution in [3.63, 3.8) is 0 Å². The Morgan fingerprint density at radius 3 is 2.42 bits per heavy atom. The second kappa shape index (κ2) is 11.0. The van der Waals surface area contributed by atoms with E-state index in [1.54, 1.807) is 24.3 Å².